The maximum Gasteiger partial charge on any atom is 0.257 e. The third-order valence-corrected chi connectivity index (χ3v) is 6.95. The number of aliphatic hydroxyl groups is 1. The van der Waals surface area contributed by atoms with Crippen LogP contribution in [0.3, 0.4) is 0 Å². The highest BCUT2D eigenvalue weighted by Gasteiger charge is 2.17. The Kier molecular flexibility index (Phi) is 7.70. The number of aliphatic hydroxyl groups excluding tert-OH is 1. The Hall–Kier alpha value is -2.68. The van der Waals surface area contributed by atoms with E-state index in [9.17, 15) is 14.7 Å². The van der Waals surface area contributed by atoms with Gasteiger partial charge in [-0.15, -0.1) is 11.3 Å². The van der Waals surface area contributed by atoms with Gasteiger partial charge in [0.2, 0.25) is 5.43 Å². The van der Waals surface area contributed by atoms with Crippen LogP contribution in [0, 0.1) is 0 Å². The summed E-state index contributed by atoms with van der Waals surface area (Å²) in [6.07, 6.45) is 0.738. The van der Waals surface area contributed by atoms with E-state index in [1.54, 1.807) is 60.3 Å². The predicted molar refractivity (Wildman–Crippen MR) is 136 cm³/mol. The molecule has 2 aromatic carbocycles. The third kappa shape index (κ3) is 5.68. The van der Waals surface area contributed by atoms with E-state index in [4.69, 9.17) is 27.9 Å². The number of amides is 1. The molecule has 0 spiro atoms. The quantitative estimate of drug-likeness (QED) is 0.342. The van der Waals surface area contributed by atoms with E-state index in [1.165, 1.54) is 11.3 Å². The fourth-order valence-corrected chi connectivity index (χ4v) is 4.86. The number of nitrogens with one attached hydrogen (secondary N) is 1. The number of aromatic nitrogens is 1. The van der Waals surface area contributed by atoms with Crippen LogP contribution in [-0.4, -0.2) is 22.2 Å². The van der Waals surface area contributed by atoms with Gasteiger partial charge in [0.15, 0.2) is 0 Å². The fourth-order valence-electron chi connectivity index (χ4n) is 3.51. The molecule has 34 heavy (non-hydrogen) atoms. The number of pyridine rings is 1. The Morgan fingerprint density at radius 2 is 1.91 bits per heavy atom. The molecule has 4 aromatic rings. The lowest BCUT2D eigenvalue weighted by Gasteiger charge is -2.11. The maximum atomic E-state index is 13.0. The Balaban J connectivity index is 1.44. The van der Waals surface area contributed by atoms with Crippen LogP contribution in [0.5, 0.6) is 0 Å². The van der Waals surface area contributed by atoms with Gasteiger partial charge in [-0.2, -0.15) is 0 Å². The summed E-state index contributed by atoms with van der Waals surface area (Å²) in [6, 6.07) is 15.9. The monoisotopic (exact) mass is 516 g/mol. The van der Waals surface area contributed by atoms with Crippen LogP contribution in [0.25, 0.3) is 10.2 Å². The lowest BCUT2D eigenvalue weighted by molar-refractivity contribution is 0.0287. The van der Waals surface area contributed by atoms with E-state index < -0.39 is 12.0 Å². The second-order valence-corrected chi connectivity index (χ2v) is 9.80. The standard InChI is InChI=1S/C25H22Cl2N2O4S/c1-29-12-21(24(32)28-11-15-5-7-17(26)8-6-15)23(31)20-10-19(34-25(20)29)13-33-14-22(30)16-3-2-4-18(27)9-16/h2-10,12,22,30H,11,13-14H2,1H3,(H,28,32)/t22-/m0/s1. The van der Waals surface area contributed by atoms with Gasteiger partial charge in [0, 0.05) is 34.7 Å². The molecule has 0 aliphatic heterocycles. The van der Waals surface area contributed by atoms with Gasteiger partial charge in [0.25, 0.3) is 5.91 Å². The summed E-state index contributed by atoms with van der Waals surface area (Å²) in [6.45, 7) is 0.604. The first-order valence-electron chi connectivity index (χ1n) is 10.5. The van der Waals surface area contributed by atoms with Gasteiger partial charge >= 0.3 is 0 Å². The molecule has 0 unspecified atom stereocenters. The summed E-state index contributed by atoms with van der Waals surface area (Å²) in [5.41, 5.74) is 1.30. The molecule has 0 saturated carbocycles. The molecular weight excluding hydrogens is 495 g/mol. The molecular formula is C25H22Cl2N2O4S. The first-order valence-corrected chi connectivity index (χ1v) is 12.0. The zero-order valence-electron chi connectivity index (χ0n) is 18.3. The smallest absolute Gasteiger partial charge is 0.257 e. The molecule has 6 nitrogen and oxygen atoms in total. The van der Waals surface area contributed by atoms with Crippen molar-refractivity contribution in [2.45, 2.75) is 19.3 Å². The Labute approximate surface area is 210 Å². The minimum Gasteiger partial charge on any atom is -0.386 e. The van der Waals surface area contributed by atoms with Crippen LogP contribution in [0.2, 0.25) is 10.0 Å². The zero-order valence-corrected chi connectivity index (χ0v) is 20.6. The van der Waals surface area contributed by atoms with Crippen LogP contribution < -0.4 is 10.7 Å². The van der Waals surface area contributed by atoms with Crippen LogP contribution in [0.1, 0.15) is 32.5 Å². The summed E-state index contributed by atoms with van der Waals surface area (Å²) in [5.74, 6) is -0.439. The SMILES string of the molecule is Cn1cc(C(=O)NCc2ccc(Cl)cc2)c(=O)c2cc(COC[C@H](O)c3cccc(Cl)c3)sc21. The van der Waals surface area contributed by atoms with Crippen molar-refractivity contribution < 1.29 is 14.6 Å². The fraction of sp³-hybridized carbons (Fsp3) is 0.200. The highest BCUT2D eigenvalue weighted by atomic mass is 35.5. The number of fused-ring (bicyclic) bond motifs is 1. The lowest BCUT2D eigenvalue weighted by atomic mass is 10.1. The van der Waals surface area contributed by atoms with E-state index in [0.717, 1.165) is 15.3 Å². The number of ether oxygens (including phenoxy) is 1. The molecule has 0 fully saturated rings. The van der Waals surface area contributed by atoms with Crippen LogP contribution in [0.4, 0.5) is 0 Å². The molecule has 1 atom stereocenters. The van der Waals surface area contributed by atoms with E-state index in [1.807, 2.05) is 12.1 Å². The van der Waals surface area contributed by atoms with Gasteiger partial charge in [-0.1, -0.05) is 47.5 Å². The first-order chi connectivity index (χ1) is 16.3. The molecule has 1 amide bonds. The van der Waals surface area contributed by atoms with Gasteiger partial charge in [-0.25, -0.2) is 0 Å². The number of carbonyl (C=O) groups is 1. The van der Waals surface area contributed by atoms with Crippen molar-refractivity contribution in [3.05, 3.63) is 103 Å². The van der Waals surface area contributed by atoms with Gasteiger partial charge in [0.1, 0.15) is 16.5 Å². The van der Waals surface area contributed by atoms with Gasteiger partial charge in [-0.3, -0.25) is 9.59 Å². The highest BCUT2D eigenvalue weighted by molar-refractivity contribution is 7.18. The number of hydrogen-bond donors (Lipinski definition) is 2. The molecule has 0 bridgehead atoms. The van der Waals surface area contributed by atoms with Crippen molar-refractivity contribution in [2.24, 2.45) is 7.05 Å². The average molecular weight is 517 g/mol. The topological polar surface area (TPSA) is 80.6 Å². The molecule has 4 rings (SSSR count). The summed E-state index contributed by atoms with van der Waals surface area (Å²) in [5, 5.41) is 14.7. The number of benzene rings is 2. The highest BCUT2D eigenvalue weighted by Crippen LogP contribution is 2.25. The molecule has 0 radical (unpaired) electrons. The van der Waals surface area contributed by atoms with Crippen molar-refractivity contribution in [3.63, 3.8) is 0 Å². The minimum atomic E-state index is -0.810. The average Bonchev–Trinajstić information content (AvgIpc) is 3.26. The molecule has 0 saturated heterocycles. The summed E-state index contributed by atoms with van der Waals surface area (Å²) >= 11 is 13.3. The summed E-state index contributed by atoms with van der Waals surface area (Å²) in [7, 11) is 1.79. The van der Waals surface area contributed by atoms with Crippen molar-refractivity contribution in [1.82, 2.24) is 9.88 Å². The number of hydrogen-bond acceptors (Lipinski definition) is 5. The van der Waals surface area contributed by atoms with Crippen molar-refractivity contribution in [3.8, 4) is 0 Å². The van der Waals surface area contributed by atoms with E-state index in [-0.39, 0.29) is 30.8 Å². The van der Waals surface area contributed by atoms with Crippen molar-refractivity contribution in [2.75, 3.05) is 6.61 Å². The number of carbonyl (C=O) groups excluding carboxylic acids is 1. The first kappa shape index (κ1) is 24.4. The largest absolute Gasteiger partial charge is 0.386 e. The second-order valence-electron chi connectivity index (χ2n) is 7.81. The van der Waals surface area contributed by atoms with Gasteiger partial charge in [0.05, 0.1) is 18.6 Å². The molecule has 2 heterocycles. The van der Waals surface area contributed by atoms with Crippen LogP contribution in [0.15, 0.2) is 65.6 Å². The molecule has 176 valence electrons. The number of rotatable bonds is 8. The maximum absolute atomic E-state index is 13.0. The van der Waals surface area contributed by atoms with Crippen LogP contribution >= 0.6 is 34.5 Å². The van der Waals surface area contributed by atoms with Crippen molar-refractivity contribution in [1.29, 1.82) is 0 Å². The number of halogens is 2. The predicted octanol–water partition coefficient (Wildman–Crippen LogP) is 5.09. The molecule has 2 N–H and O–H groups in total. The Morgan fingerprint density at radius 3 is 2.65 bits per heavy atom. The van der Waals surface area contributed by atoms with Gasteiger partial charge in [-0.05, 0) is 41.5 Å². The molecule has 9 heteroatoms. The van der Waals surface area contributed by atoms with Crippen LogP contribution in [-0.2, 0) is 24.9 Å². The van der Waals surface area contributed by atoms with Crippen molar-refractivity contribution >= 4 is 50.7 Å². The number of thiophene rings is 1. The minimum absolute atomic E-state index is 0.0746. The number of nitrogens with zero attached hydrogens (tertiary/aromatic N) is 1. The zero-order chi connectivity index (χ0) is 24.2. The molecule has 2 aromatic heterocycles. The Bertz CT molecular complexity index is 1380. The van der Waals surface area contributed by atoms with E-state index in [0.29, 0.717) is 21.0 Å². The van der Waals surface area contributed by atoms with Gasteiger partial charge < -0.3 is 19.7 Å². The lowest BCUT2D eigenvalue weighted by Crippen LogP contribution is -2.29. The van der Waals surface area contributed by atoms with E-state index >= 15 is 0 Å². The summed E-state index contributed by atoms with van der Waals surface area (Å²) < 4.78 is 7.44. The molecule has 0 aliphatic carbocycles. The normalized spacial score (nSPS) is 12.1. The van der Waals surface area contributed by atoms with E-state index in [2.05, 4.69) is 5.32 Å². The third-order valence-electron chi connectivity index (χ3n) is 5.26. The molecule has 0 aliphatic rings. The number of aryl methyl sites for hydroxylation is 1. The Morgan fingerprint density at radius 1 is 1.15 bits per heavy atom. The summed E-state index contributed by atoms with van der Waals surface area (Å²) in [4.78, 5) is 27.3. The second kappa shape index (κ2) is 10.7.